The molecule has 0 aromatic heterocycles. The van der Waals surface area contributed by atoms with Crippen LogP contribution in [0.4, 0.5) is 0 Å². The number of hydrogen-bond donors (Lipinski definition) is 2. The Morgan fingerprint density at radius 3 is 2.75 bits per heavy atom. The lowest BCUT2D eigenvalue weighted by Crippen LogP contribution is -2.29. The van der Waals surface area contributed by atoms with Gasteiger partial charge in [-0.2, -0.15) is 0 Å². The molecule has 2 rings (SSSR count). The number of rotatable bonds is 6. The first-order valence-corrected chi connectivity index (χ1v) is 7.19. The highest BCUT2D eigenvalue weighted by molar-refractivity contribution is 5.91. The highest BCUT2D eigenvalue weighted by atomic mass is 16.3. The fourth-order valence-electron chi connectivity index (χ4n) is 2.44. The number of carbonyl (C=O) groups is 1. The molecule has 0 radical (unpaired) electrons. The summed E-state index contributed by atoms with van der Waals surface area (Å²) in [5.74, 6) is -0.0609. The minimum absolute atomic E-state index is 0.0609. The summed E-state index contributed by atoms with van der Waals surface area (Å²) in [4.78, 5) is 11.8. The Balaban J connectivity index is 1.86. The van der Waals surface area contributed by atoms with Crippen LogP contribution in [0, 0.1) is 19.3 Å². The van der Waals surface area contributed by atoms with Crippen LogP contribution >= 0.6 is 0 Å². The first-order valence-electron chi connectivity index (χ1n) is 7.19. The van der Waals surface area contributed by atoms with E-state index in [-0.39, 0.29) is 17.9 Å². The number of nitrogens with one attached hydrogen (secondary N) is 1. The van der Waals surface area contributed by atoms with E-state index in [0.29, 0.717) is 6.54 Å². The second-order valence-corrected chi connectivity index (χ2v) is 5.88. The summed E-state index contributed by atoms with van der Waals surface area (Å²) in [5.41, 5.74) is 3.64. The molecule has 0 saturated heterocycles. The molecule has 20 heavy (non-hydrogen) atoms. The summed E-state index contributed by atoms with van der Waals surface area (Å²) in [6.07, 6.45) is 6.44. The third-order valence-electron chi connectivity index (χ3n) is 4.08. The molecule has 0 atom stereocenters. The Kier molecular flexibility index (Phi) is 4.61. The number of hydrogen-bond acceptors (Lipinski definition) is 2. The number of aliphatic hydroxyl groups excluding tert-OH is 1. The molecule has 0 unspecified atom stereocenters. The highest BCUT2D eigenvalue weighted by Crippen LogP contribution is 2.47. The maximum Gasteiger partial charge on any atom is 0.244 e. The van der Waals surface area contributed by atoms with Crippen LogP contribution in [0.5, 0.6) is 0 Å². The molecular formula is C17H23NO2. The first kappa shape index (κ1) is 14.8. The molecule has 108 valence electrons. The van der Waals surface area contributed by atoms with Gasteiger partial charge in [0.15, 0.2) is 0 Å². The van der Waals surface area contributed by atoms with Gasteiger partial charge in [-0.05, 0) is 55.7 Å². The third kappa shape index (κ3) is 3.94. The van der Waals surface area contributed by atoms with Crippen molar-refractivity contribution in [3.63, 3.8) is 0 Å². The van der Waals surface area contributed by atoms with Crippen LogP contribution < -0.4 is 5.32 Å². The Morgan fingerprint density at radius 1 is 1.40 bits per heavy atom. The second kappa shape index (κ2) is 6.23. The maximum absolute atomic E-state index is 11.8. The van der Waals surface area contributed by atoms with Gasteiger partial charge in [0.05, 0.1) is 0 Å². The smallest absolute Gasteiger partial charge is 0.244 e. The van der Waals surface area contributed by atoms with Gasteiger partial charge < -0.3 is 10.4 Å². The van der Waals surface area contributed by atoms with Gasteiger partial charge in [0, 0.05) is 19.2 Å². The molecule has 0 spiro atoms. The van der Waals surface area contributed by atoms with Crippen LogP contribution in [0.25, 0.3) is 6.08 Å². The van der Waals surface area contributed by atoms with Crippen molar-refractivity contribution in [2.24, 2.45) is 5.41 Å². The van der Waals surface area contributed by atoms with Crippen molar-refractivity contribution in [3.8, 4) is 0 Å². The molecule has 3 nitrogen and oxygen atoms in total. The number of aryl methyl sites for hydroxylation is 2. The molecule has 1 aliphatic rings. The van der Waals surface area contributed by atoms with E-state index >= 15 is 0 Å². The topological polar surface area (TPSA) is 49.3 Å². The van der Waals surface area contributed by atoms with Crippen LogP contribution in [-0.4, -0.2) is 24.2 Å². The van der Waals surface area contributed by atoms with E-state index in [4.69, 9.17) is 5.11 Å². The van der Waals surface area contributed by atoms with Gasteiger partial charge in [-0.25, -0.2) is 0 Å². The van der Waals surface area contributed by atoms with Crippen molar-refractivity contribution in [2.75, 3.05) is 13.2 Å². The van der Waals surface area contributed by atoms with E-state index in [1.807, 2.05) is 25.1 Å². The van der Waals surface area contributed by atoms with Gasteiger partial charge in [0.2, 0.25) is 5.91 Å². The fraction of sp³-hybridized carbons (Fsp3) is 0.471. The SMILES string of the molecule is Cc1ccc(/C=C/C(=O)NCC2(CCO)CC2)c(C)c1. The number of aliphatic hydroxyl groups is 1. The lowest BCUT2D eigenvalue weighted by molar-refractivity contribution is -0.116. The van der Waals surface area contributed by atoms with Crippen LogP contribution in [-0.2, 0) is 4.79 Å². The fourth-order valence-corrected chi connectivity index (χ4v) is 2.44. The predicted molar refractivity (Wildman–Crippen MR) is 81.3 cm³/mol. The van der Waals surface area contributed by atoms with E-state index < -0.39 is 0 Å². The van der Waals surface area contributed by atoms with E-state index in [0.717, 1.165) is 24.8 Å². The quantitative estimate of drug-likeness (QED) is 0.783. The lowest BCUT2D eigenvalue weighted by atomic mass is 10.0. The summed E-state index contributed by atoms with van der Waals surface area (Å²) >= 11 is 0. The minimum atomic E-state index is -0.0609. The van der Waals surface area contributed by atoms with Gasteiger partial charge in [-0.3, -0.25) is 4.79 Å². The maximum atomic E-state index is 11.8. The molecule has 1 aromatic carbocycles. The van der Waals surface area contributed by atoms with Crippen molar-refractivity contribution in [1.82, 2.24) is 5.32 Å². The summed E-state index contributed by atoms with van der Waals surface area (Å²) in [6, 6.07) is 6.19. The Hall–Kier alpha value is -1.61. The number of amides is 1. The van der Waals surface area contributed by atoms with Gasteiger partial charge >= 0.3 is 0 Å². The summed E-state index contributed by atoms with van der Waals surface area (Å²) < 4.78 is 0. The van der Waals surface area contributed by atoms with Crippen LogP contribution in [0.15, 0.2) is 24.3 Å². The average molecular weight is 273 g/mol. The summed E-state index contributed by atoms with van der Waals surface area (Å²) in [7, 11) is 0. The molecular weight excluding hydrogens is 250 g/mol. The normalized spacial score (nSPS) is 16.4. The molecule has 0 aliphatic heterocycles. The zero-order valence-electron chi connectivity index (χ0n) is 12.3. The lowest BCUT2D eigenvalue weighted by Gasteiger charge is -2.13. The monoisotopic (exact) mass is 273 g/mol. The molecule has 1 fully saturated rings. The highest BCUT2D eigenvalue weighted by Gasteiger charge is 2.41. The average Bonchev–Trinajstić information content (AvgIpc) is 3.16. The molecule has 1 amide bonds. The Labute approximate surface area is 120 Å². The molecule has 1 aromatic rings. The van der Waals surface area contributed by atoms with Crippen LogP contribution in [0.3, 0.4) is 0 Å². The first-order chi connectivity index (χ1) is 9.54. The number of benzene rings is 1. The zero-order chi connectivity index (χ0) is 14.6. The third-order valence-corrected chi connectivity index (χ3v) is 4.08. The van der Waals surface area contributed by atoms with Crippen molar-refractivity contribution in [3.05, 3.63) is 41.0 Å². The van der Waals surface area contributed by atoms with Gasteiger partial charge in [0.25, 0.3) is 0 Å². The van der Waals surface area contributed by atoms with Gasteiger partial charge in [-0.1, -0.05) is 23.8 Å². The zero-order valence-corrected chi connectivity index (χ0v) is 12.3. The van der Waals surface area contributed by atoms with Gasteiger partial charge in [-0.15, -0.1) is 0 Å². The number of carbonyl (C=O) groups excluding carboxylic acids is 1. The minimum Gasteiger partial charge on any atom is -0.396 e. The predicted octanol–water partition coefficient (Wildman–Crippen LogP) is 2.60. The molecule has 0 bridgehead atoms. The summed E-state index contributed by atoms with van der Waals surface area (Å²) in [5, 5.41) is 11.9. The second-order valence-electron chi connectivity index (χ2n) is 5.88. The van der Waals surface area contributed by atoms with Crippen molar-refractivity contribution >= 4 is 12.0 Å². The molecule has 1 saturated carbocycles. The van der Waals surface area contributed by atoms with Crippen molar-refractivity contribution < 1.29 is 9.90 Å². The van der Waals surface area contributed by atoms with E-state index in [1.165, 1.54) is 11.1 Å². The van der Waals surface area contributed by atoms with Crippen LogP contribution in [0.1, 0.15) is 36.0 Å². The standard InChI is InChI=1S/C17H23NO2/c1-13-3-4-15(14(2)11-13)5-6-16(20)18-12-17(7-8-17)9-10-19/h3-6,11,19H,7-10,12H2,1-2H3,(H,18,20)/b6-5+. The molecule has 3 heteroatoms. The van der Waals surface area contributed by atoms with E-state index in [2.05, 4.69) is 18.3 Å². The van der Waals surface area contributed by atoms with Crippen molar-refractivity contribution in [1.29, 1.82) is 0 Å². The van der Waals surface area contributed by atoms with Crippen LogP contribution in [0.2, 0.25) is 0 Å². The Morgan fingerprint density at radius 2 is 2.15 bits per heavy atom. The van der Waals surface area contributed by atoms with E-state index in [1.54, 1.807) is 6.08 Å². The molecule has 1 aliphatic carbocycles. The largest absolute Gasteiger partial charge is 0.396 e. The summed E-state index contributed by atoms with van der Waals surface area (Å²) in [6.45, 7) is 4.98. The molecule has 0 heterocycles. The van der Waals surface area contributed by atoms with Crippen molar-refractivity contribution in [2.45, 2.75) is 33.1 Å². The van der Waals surface area contributed by atoms with E-state index in [9.17, 15) is 4.79 Å². The van der Waals surface area contributed by atoms with Gasteiger partial charge in [0.1, 0.15) is 0 Å². The molecule has 2 N–H and O–H groups in total. The Bertz CT molecular complexity index is 516.